The van der Waals surface area contributed by atoms with E-state index in [9.17, 15) is 4.79 Å². The van der Waals surface area contributed by atoms with Gasteiger partial charge >= 0.3 is 0 Å². The van der Waals surface area contributed by atoms with Gasteiger partial charge in [-0.25, -0.2) is 0 Å². The average molecular weight is 295 g/mol. The number of ether oxygens (including phenoxy) is 1. The molecule has 0 fully saturated rings. The molecule has 1 aromatic carbocycles. The highest BCUT2D eigenvalue weighted by Crippen LogP contribution is 2.19. The second-order valence-corrected chi connectivity index (χ2v) is 5.39. The molecule has 0 spiro atoms. The number of nitrogens with two attached hydrogens (primary N) is 1. The first-order valence-corrected chi connectivity index (χ1v) is 7.01. The lowest BCUT2D eigenvalue weighted by Crippen LogP contribution is -2.35. The second-order valence-electron chi connectivity index (χ2n) is 4.96. The third kappa shape index (κ3) is 3.99. The van der Waals surface area contributed by atoms with Gasteiger partial charge in [0.15, 0.2) is 0 Å². The minimum atomic E-state index is -0.0961. The maximum atomic E-state index is 12.1. The van der Waals surface area contributed by atoms with Crippen LogP contribution in [-0.4, -0.2) is 37.0 Å². The quantitative estimate of drug-likeness (QED) is 0.846. The number of hydrogen-bond donors (Lipinski definition) is 1. The summed E-state index contributed by atoms with van der Waals surface area (Å²) < 4.78 is 5.57. The van der Waals surface area contributed by atoms with Crippen LogP contribution in [0.5, 0.6) is 5.75 Å². The summed E-state index contributed by atoms with van der Waals surface area (Å²) in [6.07, 6.45) is 4.47. The lowest BCUT2D eigenvalue weighted by molar-refractivity contribution is -0.133. The first kappa shape index (κ1) is 14.9. The molecule has 1 aliphatic carbocycles. The normalized spacial score (nSPS) is 20.9. The molecular formula is C15H19ClN2O2. The van der Waals surface area contributed by atoms with Crippen molar-refractivity contribution in [3.8, 4) is 5.75 Å². The van der Waals surface area contributed by atoms with Crippen LogP contribution in [-0.2, 0) is 4.79 Å². The zero-order valence-corrected chi connectivity index (χ0v) is 12.2. The van der Waals surface area contributed by atoms with Crippen molar-refractivity contribution in [1.29, 1.82) is 0 Å². The number of likely N-dealkylation sites (N-methyl/N-ethyl adjacent to an activating group) is 1. The van der Waals surface area contributed by atoms with Gasteiger partial charge in [-0.3, -0.25) is 4.79 Å². The van der Waals surface area contributed by atoms with E-state index in [2.05, 4.69) is 0 Å². The molecular weight excluding hydrogens is 276 g/mol. The Morgan fingerprint density at radius 1 is 1.50 bits per heavy atom. The minimum Gasteiger partial charge on any atom is -0.492 e. The maximum Gasteiger partial charge on any atom is 0.229 e. The molecule has 2 unspecified atom stereocenters. The van der Waals surface area contributed by atoms with Gasteiger partial charge in [-0.2, -0.15) is 0 Å². The monoisotopic (exact) mass is 294 g/mol. The van der Waals surface area contributed by atoms with E-state index in [1.54, 1.807) is 24.1 Å². The summed E-state index contributed by atoms with van der Waals surface area (Å²) in [5.41, 5.74) is 5.76. The lowest BCUT2D eigenvalue weighted by atomic mass is 10.1. The average Bonchev–Trinajstić information content (AvgIpc) is 2.84. The van der Waals surface area contributed by atoms with Crippen molar-refractivity contribution in [3.05, 3.63) is 41.4 Å². The Morgan fingerprint density at radius 3 is 2.95 bits per heavy atom. The van der Waals surface area contributed by atoms with E-state index in [0.29, 0.717) is 30.3 Å². The summed E-state index contributed by atoms with van der Waals surface area (Å²) >= 11 is 5.87. The fourth-order valence-corrected chi connectivity index (χ4v) is 2.34. The van der Waals surface area contributed by atoms with E-state index in [1.807, 2.05) is 24.3 Å². The summed E-state index contributed by atoms with van der Waals surface area (Å²) in [7, 11) is 1.78. The van der Waals surface area contributed by atoms with Gasteiger partial charge in [-0.1, -0.05) is 29.8 Å². The van der Waals surface area contributed by atoms with Gasteiger partial charge in [0.25, 0.3) is 0 Å². The highest BCUT2D eigenvalue weighted by molar-refractivity contribution is 6.30. The van der Waals surface area contributed by atoms with Gasteiger partial charge in [0.2, 0.25) is 5.91 Å². The zero-order chi connectivity index (χ0) is 14.5. The van der Waals surface area contributed by atoms with Crippen LogP contribution < -0.4 is 10.5 Å². The molecule has 1 aromatic rings. The Kier molecular flexibility index (Phi) is 5.04. The summed E-state index contributed by atoms with van der Waals surface area (Å²) in [6.45, 7) is 0.968. The molecule has 0 aliphatic heterocycles. The van der Waals surface area contributed by atoms with Crippen molar-refractivity contribution >= 4 is 17.5 Å². The van der Waals surface area contributed by atoms with Gasteiger partial charge in [0.1, 0.15) is 12.4 Å². The van der Waals surface area contributed by atoms with E-state index >= 15 is 0 Å². The van der Waals surface area contributed by atoms with Gasteiger partial charge in [-0.15, -0.1) is 0 Å². The van der Waals surface area contributed by atoms with Crippen molar-refractivity contribution in [3.63, 3.8) is 0 Å². The predicted octanol–water partition coefficient (Wildman–Crippen LogP) is 2.08. The molecule has 4 nitrogen and oxygen atoms in total. The molecule has 2 atom stereocenters. The minimum absolute atomic E-state index is 0.0000561. The Bertz CT molecular complexity index is 504. The van der Waals surface area contributed by atoms with E-state index < -0.39 is 0 Å². The second kappa shape index (κ2) is 6.77. The summed E-state index contributed by atoms with van der Waals surface area (Å²) in [5.74, 6) is 0.700. The molecule has 0 saturated carbocycles. The smallest absolute Gasteiger partial charge is 0.229 e. The van der Waals surface area contributed by atoms with E-state index in [4.69, 9.17) is 22.1 Å². The molecule has 0 heterocycles. The van der Waals surface area contributed by atoms with Crippen LogP contribution in [0, 0.1) is 5.92 Å². The molecule has 5 heteroatoms. The molecule has 1 amide bonds. The third-order valence-electron chi connectivity index (χ3n) is 3.30. The van der Waals surface area contributed by atoms with E-state index in [0.717, 1.165) is 0 Å². The third-order valence-corrected chi connectivity index (χ3v) is 3.54. The molecule has 2 rings (SSSR count). The number of rotatable bonds is 5. The molecule has 0 bridgehead atoms. The Labute approximate surface area is 124 Å². The van der Waals surface area contributed by atoms with Crippen molar-refractivity contribution < 1.29 is 9.53 Å². The number of halogens is 1. The highest BCUT2D eigenvalue weighted by atomic mass is 35.5. The Balaban J connectivity index is 1.76. The molecule has 2 N–H and O–H groups in total. The van der Waals surface area contributed by atoms with Gasteiger partial charge in [0.05, 0.1) is 12.5 Å². The summed E-state index contributed by atoms with van der Waals surface area (Å²) in [6, 6.07) is 7.21. The zero-order valence-electron chi connectivity index (χ0n) is 11.5. The van der Waals surface area contributed by atoms with Gasteiger partial charge in [0, 0.05) is 18.1 Å². The molecule has 0 aromatic heterocycles. The van der Waals surface area contributed by atoms with Crippen LogP contribution in [0.25, 0.3) is 0 Å². The van der Waals surface area contributed by atoms with Crippen LogP contribution in [0.2, 0.25) is 5.02 Å². The first-order chi connectivity index (χ1) is 9.56. The Morgan fingerprint density at radius 2 is 2.30 bits per heavy atom. The molecule has 1 aliphatic rings. The summed E-state index contributed by atoms with van der Waals surface area (Å²) in [5, 5.41) is 0.636. The number of carbonyl (C=O) groups excluding carboxylic acids is 1. The largest absolute Gasteiger partial charge is 0.492 e. The lowest BCUT2D eigenvalue weighted by Gasteiger charge is -2.20. The van der Waals surface area contributed by atoms with E-state index in [1.165, 1.54) is 0 Å². The van der Waals surface area contributed by atoms with Crippen LogP contribution in [0.15, 0.2) is 36.4 Å². The van der Waals surface area contributed by atoms with Gasteiger partial charge in [-0.05, 0) is 24.6 Å². The predicted molar refractivity (Wildman–Crippen MR) is 79.8 cm³/mol. The van der Waals surface area contributed by atoms with Crippen molar-refractivity contribution in [1.82, 2.24) is 4.90 Å². The molecule has 0 radical (unpaired) electrons. The van der Waals surface area contributed by atoms with E-state index in [-0.39, 0.29) is 17.9 Å². The number of carbonyl (C=O) groups is 1. The number of benzene rings is 1. The fourth-order valence-electron chi connectivity index (χ4n) is 2.16. The first-order valence-electron chi connectivity index (χ1n) is 6.63. The number of amides is 1. The van der Waals surface area contributed by atoms with Crippen LogP contribution in [0.3, 0.4) is 0 Å². The molecule has 0 saturated heterocycles. The fraction of sp³-hybridized carbons (Fsp3) is 0.400. The maximum absolute atomic E-state index is 12.1. The number of nitrogens with zero attached hydrogens (tertiary/aromatic N) is 1. The van der Waals surface area contributed by atoms with Crippen LogP contribution >= 0.6 is 11.6 Å². The highest BCUT2D eigenvalue weighted by Gasteiger charge is 2.25. The standard InChI is InChI=1S/C15H19ClN2O2/c1-18(15(19)11-5-6-13(17)9-11)7-8-20-14-4-2-3-12(16)10-14/h2-6,10-11,13H,7-9,17H2,1H3. The molecule has 20 heavy (non-hydrogen) atoms. The van der Waals surface area contributed by atoms with Crippen molar-refractivity contribution in [2.45, 2.75) is 12.5 Å². The molecule has 108 valence electrons. The van der Waals surface area contributed by atoms with Crippen LogP contribution in [0.1, 0.15) is 6.42 Å². The SMILES string of the molecule is CN(CCOc1cccc(Cl)c1)C(=O)C1C=CC(N)C1. The Hall–Kier alpha value is -1.52. The number of hydrogen-bond acceptors (Lipinski definition) is 3. The van der Waals surface area contributed by atoms with Crippen molar-refractivity contribution in [2.24, 2.45) is 11.7 Å². The van der Waals surface area contributed by atoms with Gasteiger partial charge < -0.3 is 15.4 Å². The summed E-state index contributed by atoms with van der Waals surface area (Å²) in [4.78, 5) is 13.8. The van der Waals surface area contributed by atoms with Crippen molar-refractivity contribution in [2.75, 3.05) is 20.2 Å². The topological polar surface area (TPSA) is 55.6 Å². The van der Waals surface area contributed by atoms with Crippen LogP contribution in [0.4, 0.5) is 0 Å².